The number of carbonyl (C=O) groups is 2. The lowest BCUT2D eigenvalue weighted by atomic mass is 10.1. The van der Waals surface area contributed by atoms with Gasteiger partial charge >= 0.3 is 5.97 Å². The van der Waals surface area contributed by atoms with Crippen LogP contribution in [-0.4, -0.2) is 31.2 Å². The van der Waals surface area contributed by atoms with Gasteiger partial charge in [-0.15, -0.1) is 0 Å². The van der Waals surface area contributed by atoms with E-state index in [-0.39, 0.29) is 17.5 Å². The Morgan fingerprint density at radius 2 is 1.69 bits per heavy atom. The van der Waals surface area contributed by atoms with Crippen LogP contribution in [0.5, 0.6) is 11.5 Å². The standard InChI is InChI=1S/C20H23NO5/c1-13(16-9-10-17(25-2)18(12-16)26-3)21-19(22)11-6-14-4-7-15(8-5-14)20(23)24/h4-5,7-10,12-13H,6,11H2,1-3H3,(H,21,22)(H,23,24). The number of benzene rings is 2. The highest BCUT2D eigenvalue weighted by molar-refractivity contribution is 5.87. The van der Waals surface area contributed by atoms with Gasteiger partial charge in [-0.1, -0.05) is 18.2 Å². The van der Waals surface area contributed by atoms with E-state index in [0.717, 1.165) is 11.1 Å². The van der Waals surface area contributed by atoms with Crippen LogP contribution in [0, 0.1) is 0 Å². The van der Waals surface area contributed by atoms with Crippen molar-refractivity contribution in [3.63, 3.8) is 0 Å². The van der Waals surface area contributed by atoms with Crippen molar-refractivity contribution in [2.45, 2.75) is 25.8 Å². The summed E-state index contributed by atoms with van der Waals surface area (Å²) in [7, 11) is 3.15. The molecular formula is C20H23NO5. The van der Waals surface area contributed by atoms with Gasteiger partial charge in [-0.05, 0) is 48.7 Å². The minimum absolute atomic E-state index is 0.0744. The van der Waals surface area contributed by atoms with E-state index in [0.29, 0.717) is 24.3 Å². The van der Waals surface area contributed by atoms with Gasteiger partial charge in [0.2, 0.25) is 5.91 Å². The Kier molecular flexibility index (Phi) is 6.60. The number of amides is 1. The molecule has 1 unspecified atom stereocenters. The SMILES string of the molecule is COc1ccc(C(C)NC(=O)CCc2ccc(C(=O)O)cc2)cc1OC. The number of carboxylic acid groups (broad SMARTS) is 1. The molecule has 138 valence electrons. The summed E-state index contributed by atoms with van der Waals surface area (Å²) in [6.07, 6.45) is 0.869. The highest BCUT2D eigenvalue weighted by atomic mass is 16.5. The second-order valence-electron chi connectivity index (χ2n) is 5.91. The number of carbonyl (C=O) groups excluding carboxylic acids is 1. The van der Waals surface area contributed by atoms with Gasteiger partial charge in [-0.25, -0.2) is 4.79 Å². The van der Waals surface area contributed by atoms with Gasteiger partial charge in [-0.3, -0.25) is 4.79 Å². The fourth-order valence-electron chi connectivity index (χ4n) is 2.59. The molecule has 2 N–H and O–H groups in total. The van der Waals surface area contributed by atoms with E-state index in [2.05, 4.69) is 5.32 Å². The molecule has 6 heteroatoms. The molecule has 0 spiro atoms. The summed E-state index contributed by atoms with van der Waals surface area (Å²) >= 11 is 0. The van der Waals surface area contributed by atoms with E-state index in [1.54, 1.807) is 44.6 Å². The molecule has 2 aromatic rings. The molecule has 26 heavy (non-hydrogen) atoms. The molecule has 0 heterocycles. The summed E-state index contributed by atoms with van der Waals surface area (Å²) in [4.78, 5) is 23.0. The zero-order chi connectivity index (χ0) is 19.1. The Balaban J connectivity index is 1.91. The number of carboxylic acids is 1. The summed E-state index contributed by atoms with van der Waals surface area (Å²) in [5, 5.41) is 11.8. The number of nitrogens with one attached hydrogen (secondary N) is 1. The van der Waals surface area contributed by atoms with Crippen LogP contribution >= 0.6 is 0 Å². The predicted molar refractivity (Wildman–Crippen MR) is 97.8 cm³/mol. The molecule has 6 nitrogen and oxygen atoms in total. The average molecular weight is 357 g/mol. The van der Waals surface area contributed by atoms with Gasteiger partial charge in [0.15, 0.2) is 11.5 Å². The number of rotatable bonds is 8. The van der Waals surface area contributed by atoms with Crippen molar-refractivity contribution >= 4 is 11.9 Å². The van der Waals surface area contributed by atoms with Crippen molar-refractivity contribution in [1.29, 1.82) is 0 Å². The molecular weight excluding hydrogens is 334 g/mol. The molecule has 0 radical (unpaired) electrons. The molecule has 2 rings (SSSR count). The molecule has 0 aromatic heterocycles. The van der Waals surface area contributed by atoms with Crippen LogP contribution in [-0.2, 0) is 11.2 Å². The third-order valence-corrected chi connectivity index (χ3v) is 4.13. The summed E-state index contributed by atoms with van der Waals surface area (Å²) in [5.74, 6) is 0.219. The van der Waals surface area contributed by atoms with Crippen LogP contribution < -0.4 is 14.8 Å². The third-order valence-electron chi connectivity index (χ3n) is 4.13. The van der Waals surface area contributed by atoms with Crippen LogP contribution in [0.25, 0.3) is 0 Å². The summed E-state index contributed by atoms with van der Waals surface area (Å²) in [6.45, 7) is 1.90. The summed E-state index contributed by atoms with van der Waals surface area (Å²) in [5.41, 5.74) is 2.08. The topological polar surface area (TPSA) is 84.9 Å². The summed E-state index contributed by atoms with van der Waals surface area (Å²) in [6, 6.07) is 11.9. The fourth-order valence-corrected chi connectivity index (χ4v) is 2.59. The van der Waals surface area contributed by atoms with E-state index < -0.39 is 5.97 Å². The van der Waals surface area contributed by atoms with Crippen LogP contribution in [0.1, 0.15) is 40.9 Å². The third kappa shape index (κ3) is 4.99. The molecule has 0 aliphatic rings. The second kappa shape index (κ2) is 8.89. The number of aromatic carboxylic acids is 1. The van der Waals surface area contributed by atoms with Crippen molar-refractivity contribution in [2.24, 2.45) is 0 Å². The number of hydrogen-bond donors (Lipinski definition) is 2. The Morgan fingerprint density at radius 3 is 2.27 bits per heavy atom. The van der Waals surface area contributed by atoms with Crippen molar-refractivity contribution < 1.29 is 24.2 Å². The lowest BCUT2D eigenvalue weighted by Gasteiger charge is -2.16. The number of aryl methyl sites for hydroxylation is 1. The Hall–Kier alpha value is -3.02. The lowest BCUT2D eigenvalue weighted by molar-refractivity contribution is -0.121. The Bertz CT molecular complexity index is 770. The number of methoxy groups -OCH3 is 2. The first kappa shape index (κ1) is 19.3. The fraction of sp³-hybridized carbons (Fsp3) is 0.300. The van der Waals surface area contributed by atoms with Crippen molar-refractivity contribution in [3.8, 4) is 11.5 Å². The van der Waals surface area contributed by atoms with E-state index in [1.807, 2.05) is 19.1 Å². The van der Waals surface area contributed by atoms with Gasteiger partial charge in [0.25, 0.3) is 0 Å². The van der Waals surface area contributed by atoms with Gasteiger partial charge in [0.1, 0.15) is 0 Å². The van der Waals surface area contributed by atoms with Gasteiger partial charge in [0, 0.05) is 6.42 Å². The van der Waals surface area contributed by atoms with E-state index in [1.165, 1.54) is 0 Å². The maximum Gasteiger partial charge on any atom is 0.335 e. The zero-order valence-corrected chi connectivity index (χ0v) is 15.1. The highest BCUT2D eigenvalue weighted by Crippen LogP contribution is 2.29. The average Bonchev–Trinajstić information content (AvgIpc) is 2.65. The minimum Gasteiger partial charge on any atom is -0.493 e. The minimum atomic E-state index is -0.960. The summed E-state index contributed by atoms with van der Waals surface area (Å²) < 4.78 is 10.5. The quantitative estimate of drug-likeness (QED) is 0.758. The van der Waals surface area contributed by atoms with Crippen molar-refractivity contribution in [1.82, 2.24) is 5.32 Å². The molecule has 2 aromatic carbocycles. The highest BCUT2D eigenvalue weighted by Gasteiger charge is 2.13. The van der Waals surface area contributed by atoms with Crippen LogP contribution in [0.4, 0.5) is 0 Å². The van der Waals surface area contributed by atoms with Gasteiger partial charge < -0.3 is 19.9 Å². The van der Waals surface area contributed by atoms with Crippen LogP contribution in [0.2, 0.25) is 0 Å². The van der Waals surface area contributed by atoms with Gasteiger partial charge in [0.05, 0.1) is 25.8 Å². The molecule has 0 fully saturated rings. The van der Waals surface area contributed by atoms with Gasteiger partial charge in [-0.2, -0.15) is 0 Å². The monoisotopic (exact) mass is 357 g/mol. The molecule has 0 bridgehead atoms. The van der Waals surface area contributed by atoms with Crippen molar-refractivity contribution in [3.05, 3.63) is 59.2 Å². The molecule has 0 aliphatic heterocycles. The molecule has 0 aliphatic carbocycles. The Morgan fingerprint density at radius 1 is 1.04 bits per heavy atom. The van der Waals surface area contributed by atoms with E-state index in [4.69, 9.17) is 14.6 Å². The van der Waals surface area contributed by atoms with E-state index in [9.17, 15) is 9.59 Å². The first-order valence-corrected chi connectivity index (χ1v) is 8.28. The smallest absolute Gasteiger partial charge is 0.335 e. The maximum absolute atomic E-state index is 12.2. The largest absolute Gasteiger partial charge is 0.493 e. The lowest BCUT2D eigenvalue weighted by Crippen LogP contribution is -2.26. The zero-order valence-electron chi connectivity index (χ0n) is 15.1. The van der Waals surface area contributed by atoms with Crippen molar-refractivity contribution in [2.75, 3.05) is 14.2 Å². The first-order chi connectivity index (χ1) is 12.4. The normalized spacial score (nSPS) is 11.5. The molecule has 0 saturated carbocycles. The maximum atomic E-state index is 12.2. The molecule has 0 saturated heterocycles. The molecule has 1 amide bonds. The number of ether oxygens (including phenoxy) is 2. The van der Waals surface area contributed by atoms with Crippen LogP contribution in [0.3, 0.4) is 0 Å². The number of hydrogen-bond acceptors (Lipinski definition) is 4. The molecule has 1 atom stereocenters. The predicted octanol–water partition coefficient (Wildman–Crippen LogP) is 3.21. The Labute approximate surface area is 152 Å². The van der Waals surface area contributed by atoms with Crippen LogP contribution in [0.15, 0.2) is 42.5 Å². The first-order valence-electron chi connectivity index (χ1n) is 8.28. The van der Waals surface area contributed by atoms with E-state index >= 15 is 0 Å². The second-order valence-corrected chi connectivity index (χ2v) is 5.91.